The van der Waals surface area contributed by atoms with Crippen molar-refractivity contribution in [2.75, 3.05) is 6.61 Å². The average Bonchev–Trinajstić information content (AvgIpc) is 2.77. The third-order valence-corrected chi connectivity index (χ3v) is 9.53. The van der Waals surface area contributed by atoms with Gasteiger partial charge in [0.25, 0.3) is 0 Å². The number of esters is 2. The Bertz CT molecular complexity index is 851. The minimum absolute atomic E-state index is 0.123. The Balaban J connectivity index is 1.78. The van der Waals surface area contributed by atoms with Gasteiger partial charge < -0.3 is 24.4 Å². The van der Waals surface area contributed by atoms with Gasteiger partial charge in [0.15, 0.2) is 6.10 Å². The molecule has 0 aromatic carbocycles. The maximum atomic E-state index is 12.3. The third kappa shape index (κ3) is 2.30. The molecule has 4 aliphatic carbocycles. The Morgan fingerprint density at radius 2 is 1.81 bits per heavy atom. The van der Waals surface area contributed by atoms with Gasteiger partial charge in [0.2, 0.25) is 5.79 Å². The van der Waals surface area contributed by atoms with Crippen molar-refractivity contribution in [3.63, 3.8) is 0 Å². The summed E-state index contributed by atoms with van der Waals surface area (Å²) in [6.45, 7) is 11.5. The molecule has 2 N–H and O–H groups in total. The van der Waals surface area contributed by atoms with Crippen LogP contribution < -0.4 is 0 Å². The number of rotatable bonds is 2. The summed E-state index contributed by atoms with van der Waals surface area (Å²) in [4.78, 5) is 24.3. The summed E-state index contributed by atoms with van der Waals surface area (Å²) < 4.78 is 17.9. The van der Waals surface area contributed by atoms with Crippen molar-refractivity contribution in [1.29, 1.82) is 0 Å². The summed E-state index contributed by atoms with van der Waals surface area (Å²) in [5.41, 5.74) is -1.26. The second-order valence-corrected chi connectivity index (χ2v) is 11.2. The fraction of sp³-hybridized carbons (Fsp3) is 0.833. The quantitative estimate of drug-likeness (QED) is 0.508. The summed E-state index contributed by atoms with van der Waals surface area (Å²) in [6.07, 6.45) is 1.48. The molecule has 2 spiro atoms. The van der Waals surface area contributed by atoms with E-state index in [2.05, 4.69) is 20.4 Å². The number of hydrogen-bond donors (Lipinski definition) is 2. The molecule has 7 nitrogen and oxygen atoms in total. The second kappa shape index (κ2) is 6.33. The fourth-order valence-corrected chi connectivity index (χ4v) is 8.84. The monoisotopic (exact) mass is 434 g/mol. The molecule has 0 aromatic rings. The molecule has 9 atom stereocenters. The van der Waals surface area contributed by atoms with Crippen LogP contribution in [-0.2, 0) is 23.8 Å². The lowest BCUT2D eigenvalue weighted by Gasteiger charge is -2.75. The Kier molecular flexibility index (Phi) is 4.37. The molecule has 1 unspecified atom stereocenters. The molecule has 2 heterocycles. The van der Waals surface area contributed by atoms with Gasteiger partial charge in [-0.2, -0.15) is 0 Å². The van der Waals surface area contributed by atoms with Crippen molar-refractivity contribution in [1.82, 2.24) is 0 Å². The van der Waals surface area contributed by atoms with E-state index in [9.17, 15) is 19.8 Å². The number of aliphatic hydroxyl groups excluding tert-OH is 1. The van der Waals surface area contributed by atoms with E-state index < -0.39 is 41.5 Å². The Labute approximate surface area is 183 Å². The van der Waals surface area contributed by atoms with Crippen molar-refractivity contribution in [3.05, 3.63) is 12.2 Å². The zero-order chi connectivity index (χ0) is 22.6. The van der Waals surface area contributed by atoms with Gasteiger partial charge >= 0.3 is 11.9 Å². The lowest BCUT2D eigenvalue weighted by Crippen LogP contribution is -2.84. The van der Waals surface area contributed by atoms with Gasteiger partial charge in [0.1, 0.15) is 6.10 Å². The van der Waals surface area contributed by atoms with Crippen molar-refractivity contribution in [2.45, 2.75) is 83.9 Å². The molecule has 0 aromatic heterocycles. The molecule has 2 aliphatic heterocycles. The van der Waals surface area contributed by atoms with Gasteiger partial charge in [-0.25, -0.2) is 0 Å². The van der Waals surface area contributed by atoms with E-state index in [0.717, 1.165) is 32.1 Å². The lowest BCUT2D eigenvalue weighted by atomic mass is 9.36. The molecule has 7 heteroatoms. The highest BCUT2D eigenvalue weighted by Crippen LogP contribution is 2.78. The first-order valence-electron chi connectivity index (χ1n) is 11.5. The maximum absolute atomic E-state index is 12.3. The normalized spacial score (nSPS) is 51.6. The Morgan fingerprint density at radius 3 is 2.45 bits per heavy atom. The Hall–Kier alpha value is -1.44. The van der Waals surface area contributed by atoms with Gasteiger partial charge in [0, 0.05) is 31.1 Å². The van der Waals surface area contributed by atoms with Crippen LogP contribution in [0.5, 0.6) is 0 Å². The minimum atomic E-state index is -1.97. The zero-order valence-corrected chi connectivity index (χ0v) is 18.8. The highest BCUT2D eigenvalue weighted by atomic mass is 16.7. The van der Waals surface area contributed by atoms with Crippen LogP contribution >= 0.6 is 0 Å². The summed E-state index contributed by atoms with van der Waals surface area (Å²) in [7, 11) is 0. The second-order valence-electron chi connectivity index (χ2n) is 11.2. The number of hydrogen-bond acceptors (Lipinski definition) is 7. The summed E-state index contributed by atoms with van der Waals surface area (Å²) in [5, 5.41) is 24.0. The standard InChI is InChI=1S/C24H34O7/c1-12-15-7-8-16-22-10-6-9-21(4,5)17(22)20(31-14(3)26)24(28,29-11-22)23(16,18(15)27)19(12)30-13(2)25/h15-20,27-28H,1,6-11H2,2-5H3/t15-,16-,17+,18+,19+,20-,22?,23+,24-/m0/s1. The lowest BCUT2D eigenvalue weighted by molar-refractivity contribution is -0.467. The highest BCUT2D eigenvalue weighted by molar-refractivity contribution is 5.67. The predicted molar refractivity (Wildman–Crippen MR) is 109 cm³/mol. The van der Waals surface area contributed by atoms with Gasteiger partial charge in [-0.1, -0.05) is 26.8 Å². The molecule has 4 bridgehead atoms. The predicted octanol–water partition coefficient (Wildman–Crippen LogP) is 2.34. The molecule has 0 amide bonds. The number of carbonyl (C=O) groups is 2. The van der Waals surface area contributed by atoms with Gasteiger partial charge in [-0.05, 0) is 42.6 Å². The molecule has 6 rings (SSSR count). The van der Waals surface area contributed by atoms with E-state index in [0.29, 0.717) is 12.2 Å². The first-order chi connectivity index (χ1) is 14.4. The number of aliphatic hydroxyl groups is 2. The molecular formula is C24H34O7. The average molecular weight is 435 g/mol. The highest BCUT2D eigenvalue weighted by Gasteiger charge is 2.86. The smallest absolute Gasteiger partial charge is 0.303 e. The van der Waals surface area contributed by atoms with Gasteiger partial charge in [-0.15, -0.1) is 0 Å². The zero-order valence-electron chi connectivity index (χ0n) is 18.8. The summed E-state index contributed by atoms with van der Waals surface area (Å²) >= 11 is 0. The van der Waals surface area contributed by atoms with Gasteiger partial charge in [-0.3, -0.25) is 9.59 Å². The van der Waals surface area contributed by atoms with E-state index in [1.54, 1.807) is 0 Å². The topological polar surface area (TPSA) is 102 Å². The minimum Gasteiger partial charge on any atom is -0.457 e. The van der Waals surface area contributed by atoms with Crippen LogP contribution in [0.2, 0.25) is 0 Å². The van der Waals surface area contributed by atoms with Crippen LogP contribution in [0.25, 0.3) is 0 Å². The van der Waals surface area contributed by atoms with Crippen molar-refractivity contribution >= 4 is 11.9 Å². The SMILES string of the molecule is C=C1[C@@H](OC(C)=O)[C@]23[C@H](O)[C@H]1CC[C@H]2C12CCCC(C)(C)[C@H]1[C@H](OC(C)=O)[C@]3(O)OC2. The molecule has 6 fully saturated rings. The molecule has 6 aliphatic rings. The Morgan fingerprint density at radius 1 is 1.13 bits per heavy atom. The first kappa shape index (κ1) is 21.4. The van der Waals surface area contributed by atoms with E-state index in [1.165, 1.54) is 13.8 Å². The fourth-order valence-electron chi connectivity index (χ4n) is 8.84. The molecule has 2 saturated heterocycles. The van der Waals surface area contributed by atoms with Crippen LogP contribution in [-0.4, -0.2) is 52.9 Å². The van der Waals surface area contributed by atoms with Crippen LogP contribution in [0.1, 0.15) is 59.8 Å². The molecule has 4 saturated carbocycles. The molecular weight excluding hydrogens is 400 g/mol. The van der Waals surface area contributed by atoms with E-state index in [-0.39, 0.29) is 28.6 Å². The summed E-state index contributed by atoms with van der Waals surface area (Å²) in [6, 6.07) is 0. The largest absolute Gasteiger partial charge is 0.457 e. The van der Waals surface area contributed by atoms with E-state index in [1.807, 2.05) is 0 Å². The maximum Gasteiger partial charge on any atom is 0.303 e. The van der Waals surface area contributed by atoms with Gasteiger partial charge in [0.05, 0.1) is 18.1 Å². The van der Waals surface area contributed by atoms with Crippen LogP contribution in [0, 0.1) is 34.0 Å². The molecule has 31 heavy (non-hydrogen) atoms. The van der Waals surface area contributed by atoms with Crippen LogP contribution in [0.4, 0.5) is 0 Å². The van der Waals surface area contributed by atoms with Crippen molar-refractivity contribution < 1.29 is 34.0 Å². The number of fused-ring (bicyclic) bond motifs is 2. The summed E-state index contributed by atoms with van der Waals surface area (Å²) in [5.74, 6) is -3.51. The van der Waals surface area contributed by atoms with Crippen LogP contribution in [0.15, 0.2) is 12.2 Å². The van der Waals surface area contributed by atoms with E-state index in [4.69, 9.17) is 14.2 Å². The van der Waals surface area contributed by atoms with Crippen molar-refractivity contribution in [3.8, 4) is 0 Å². The van der Waals surface area contributed by atoms with Crippen LogP contribution in [0.3, 0.4) is 0 Å². The van der Waals surface area contributed by atoms with Crippen molar-refractivity contribution in [2.24, 2.45) is 34.0 Å². The molecule has 172 valence electrons. The molecule has 0 radical (unpaired) electrons. The van der Waals surface area contributed by atoms with E-state index >= 15 is 0 Å². The third-order valence-electron chi connectivity index (χ3n) is 9.53. The number of ether oxygens (including phenoxy) is 3. The number of carbonyl (C=O) groups excluding carboxylic acids is 2. The first-order valence-corrected chi connectivity index (χ1v) is 11.5.